The number of carbonyl (C=O) groups excluding carboxylic acids is 1. The van der Waals surface area contributed by atoms with Crippen molar-refractivity contribution in [1.29, 1.82) is 0 Å². The number of anilines is 1. The molecular formula is C23H31N4O3+. The van der Waals surface area contributed by atoms with Crippen molar-refractivity contribution < 1.29 is 14.6 Å². The van der Waals surface area contributed by atoms with Crippen LogP contribution in [0.25, 0.3) is 0 Å². The van der Waals surface area contributed by atoms with Crippen molar-refractivity contribution in [2.45, 2.75) is 32.2 Å². The molecule has 1 aliphatic heterocycles. The minimum atomic E-state index is -0.382. The van der Waals surface area contributed by atoms with Crippen LogP contribution in [0.15, 0.2) is 54.6 Å². The average molecular weight is 412 g/mol. The highest BCUT2D eigenvalue weighted by Crippen LogP contribution is 2.19. The molecule has 2 N–H and O–H groups in total. The van der Waals surface area contributed by atoms with E-state index in [0.717, 1.165) is 38.3 Å². The van der Waals surface area contributed by atoms with E-state index in [1.54, 1.807) is 24.3 Å². The molecule has 2 aromatic rings. The van der Waals surface area contributed by atoms with Gasteiger partial charge in [-0.1, -0.05) is 37.3 Å². The van der Waals surface area contributed by atoms with Gasteiger partial charge in [-0.25, -0.2) is 0 Å². The van der Waals surface area contributed by atoms with Gasteiger partial charge < -0.3 is 15.1 Å². The molecule has 3 rings (SSSR count). The van der Waals surface area contributed by atoms with E-state index in [0.29, 0.717) is 12.5 Å². The maximum atomic E-state index is 12.7. The van der Waals surface area contributed by atoms with Crippen LogP contribution in [-0.4, -0.2) is 49.6 Å². The number of nitrogens with zero attached hydrogens (tertiary/aromatic N) is 2. The Bertz CT molecular complexity index is 833. The molecule has 160 valence electrons. The van der Waals surface area contributed by atoms with Crippen molar-refractivity contribution in [2.24, 2.45) is 0 Å². The van der Waals surface area contributed by atoms with Crippen molar-refractivity contribution >= 4 is 17.3 Å². The molecule has 0 aliphatic carbocycles. The van der Waals surface area contributed by atoms with Gasteiger partial charge in [-0.2, -0.15) is 0 Å². The Morgan fingerprint density at radius 2 is 1.77 bits per heavy atom. The van der Waals surface area contributed by atoms with Crippen LogP contribution in [0, 0.1) is 10.1 Å². The van der Waals surface area contributed by atoms with Gasteiger partial charge in [-0.3, -0.25) is 14.9 Å². The predicted molar refractivity (Wildman–Crippen MR) is 118 cm³/mol. The number of nitro benzene ring substituents is 1. The minimum absolute atomic E-state index is 0.0997. The third kappa shape index (κ3) is 5.36. The zero-order chi connectivity index (χ0) is 21.5. The Morgan fingerprint density at radius 1 is 1.13 bits per heavy atom. The van der Waals surface area contributed by atoms with Crippen LogP contribution in [0.4, 0.5) is 11.4 Å². The number of rotatable bonds is 8. The molecule has 1 heterocycles. The van der Waals surface area contributed by atoms with Gasteiger partial charge in [0, 0.05) is 30.3 Å². The molecule has 0 unspecified atom stereocenters. The molecule has 30 heavy (non-hydrogen) atoms. The van der Waals surface area contributed by atoms with Gasteiger partial charge in [0.25, 0.3) is 11.6 Å². The number of hydrogen-bond donors (Lipinski definition) is 2. The molecule has 1 saturated heterocycles. The smallest absolute Gasteiger partial charge is 0.278 e. The number of quaternary nitrogens is 1. The topological polar surface area (TPSA) is 79.9 Å². The molecule has 2 atom stereocenters. The first-order chi connectivity index (χ1) is 14.5. The molecule has 1 amide bonds. The van der Waals surface area contributed by atoms with Crippen LogP contribution in [0.1, 0.15) is 31.7 Å². The fourth-order valence-corrected chi connectivity index (χ4v) is 4.06. The van der Waals surface area contributed by atoms with E-state index in [1.165, 1.54) is 10.5 Å². The summed E-state index contributed by atoms with van der Waals surface area (Å²) >= 11 is 0. The van der Waals surface area contributed by atoms with E-state index >= 15 is 0 Å². The van der Waals surface area contributed by atoms with Gasteiger partial charge in [0.2, 0.25) is 0 Å². The van der Waals surface area contributed by atoms with E-state index in [9.17, 15) is 14.9 Å². The molecule has 2 aromatic carbocycles. The SMILES string of the molecule is CC[C@@H](CNC(=O)[C@H](C)[NH+]1CCN(c2ccc([N+](=O)[O-])cc2)CC1)c1ccccc1. The lowest BCUT2D eigenvalue weighted by Crippen LogP contribution is -3.19. The van der Waals surface area contributed by atoms with Crippen molar-refractivity contribution in [1.82, 2.24) is 5.32 Å². The highest BCUT2D eigenvalue weighted by molar-refractivity contribution is 5.80. The molecule has 0 saturated carbocycles. The third-order valence-electron chi connectivity index (χ3n) is 6.12. The van der Waals surface area contributed by atoms with Crippen LogP contribution >= 0.6 is 0 Å². The number of benzene rings is 2. The summed E-state index contributed by atoms with van der Waals surface area (Å²) in [7, 11) is 0. The summed E-state index contributed by atoms with van der Waals surface area (Å²) in [5, 5.41) is 14.0. The van der Waals surface area contributed by atoms with E-state index < -0.39 is 0 Å². The third-order valence-corrected chi connectivity index (χ3v) is 6.12. The molecule has 0 radical (unpaired) electrons. The van der Waals surface area contributed by atoms with Gasteiger partial charge in [0.15, 0.2) is 6.04 Å². The highest BCUT2D eigenvalue weighted by Gasteiger charge is 2.29. The summed E-state index contributed by atoms with van der Waals surface area (Å²) in [5.74, 6) is 0.430. The number of non-ortho nitro benzene ring substituents is 1. The summed E-state index contributed by atoms with van der Waals surface area (Å²) < 4.78 is 0. The Labute approximate surface area is 177 Å². The lowest BCUT2D eigenvalue weighted by Gasteiger charge is -2.36. The van der Waals surface area contributed by atoms with Crippen molar-refractivity contribution in [3.05, 3.63) is 70.3 Å². The minimum Gasteiger partial charge on any atom is -0.360 e. The van der Waals surface area contributed by atoms with Crippen molar-refractivity contribution in [3.63, 3.8) is 0 Å². The maximum absolute atomic E-state index is 12.7. The van der Waals surface area contributed by atoms with Crippen molar-refractivity contribution in [2.75, 3.05) is 37.6 Å². The first kappa shape index (κ1) is 21.8. The number of nitro groups is 1. The Balaban J connectivity index is 1.48. The molecule has 0 bridgehead atoms. The molecule has 1 aliphatic rings. The summed E-state index contributed by atoms with van der Waals surface area (Å²) in [4.78, 5) is 26.7. The van der Waals surface area contributed by atoms with Crippen LogP contribution in [0.5, 0.6) is 0 Å². The Hall–Kier alpha value is -2.93. The monoisotopic (exact) mass is 411 g/mol. The molecule has 7 nitrogen and oxygen atoms in total. The summed E-state index contributed by atoms with van der Waals surface area (Å²) in [6, 6.07) is 16.9. The largest absolute Gasteiger partial charge is 0.360 e. The number of piperazine rings is 1. The fraction of sp³-hybridized carbons (Fsp3) is 0.435. The summed E-state index contributed by atoms with van der Waals surface area (Å²) in [5.41, 5.74) is 2.36. The van der Waals surface area contributed by atoms with Crippen molar-refractivity contribution in [3.8, 4) is 0 Å². The quantitative estimate of drug-likeness (QED) is 0.514. The van der Waals surface area contributed by atoms with Gasteiger partial charge in [-0.15, -0.1) is 0 Å². The van der Waals surface area contributed by atoms with E-state index in [4.69, 9.17) is 0 Å². The molecule has 0 spiro atoms. The normalized spacial score (nSPS) is 16.7. The lowest BCUT2D eigenvalue weighted by atomic mass is 9.96. The predicted octanol–water partition coefficient (Wildman–Crippen LogP) is 2.00. The van der Waals surface area contributed by atoms with E-state index in [-0.39, 0.29) is 22.6 Å². The maximum Gasteiger partial charge on any atom is 0.278 e. The van der Waals surface area contributed by atoms with Crippen LogP contribution < -0.4 is 15.1 Å². The molecular weight excluding hydrogens is 380 g/mol. The van der Waals surface area contributed by atoms with E-state index in [1.807, 2.05) is 25.1 Å². The second kappa shape index (κ2) is 10.2. The number of hydrogen-bond acceptors (Lipinski definition) is 4. The lowest BCUT2D eigenvalue weighted by molar-refractivity contribution is -0.914. The van der Waals surface area contributed by atoms with Gasteiger partial charge in [0.05, 0.1) is 31.1 Å². The summed E-state index contributed by atoms with van der Waals surface area (Å²) in [6.07, 6.45) is 0.986. The standard InChI is InChI=1S/C23H30N4O3/c1-3-19(20-7-5-4-6-8-20)17-24-23(28)18(2)25-13-15-26(16-14-25)21-9-11-22(12-10-21)27(29)30/h4-12,18-19H,3,13-17H2,1-2H3,(H,24,28)/p+1/t18-,19-/m0/s1. The van der Waals surface area contributed by atoms with Gasteiger partial charge in [-0.05, 0) is 31.0 Å². The summed E-state index contributed by atoms with van der Waals surface area (Å²) in [6.45, 7) is 8.18. The average Bonchev–Trinajstić information content (AvgIpc) is 2.79. The first-order valence-corrected chi connectivity index (χ1v) is 10.7. The molecule has 0 aromatic heterocycles. The second-order valence-corrected chi connectivity index (χ2v) is 7.90. The number of nitrogens with one attached hydrogen (secondary N) is 2. The Morgan fingerprint density at radius 3 is 2.33 bits per heavy atom. The number of carbonyl (C=O) groups is 1. The molecule has 1 fully saturated rings. The van der Waals surface area contributed by atoms with Crippen LogP contribution in [0.2, 0.25) is 0 Å². The van der Waals surface area contributed by atoms with Crippen LogP contribution in [-0.2, 0) is 4.79 Å². The molecule has 7 heteroatoms. The van der Waals surface area contributed by atoms with Gasteiger partial charge >= 0.3 is 0 Å². The zero-order valence-corrected chi connectivity index (χ0v) is 17.7. The highest BCUT2D eigenvalue weighted by atomic mass is 16.6. The first-order valence-electron chi connectivity index (χ1n) is 10.7. The Kier molecular flexibility index (Phi) is 7.41. The fourth-order valence-electron chi connectivity index (χ4n) is 4.06. The van der Waals surface area contributed by atoms with Crippen LogP contribution in [0.3, 0.4) is 0 Å². The zero-order valence-electron chi connectivity index (χ0n) is 17.7. The van der Waals surface area contributed by atoms with E-state index in [2.05, 4.69) is 29.3 Å². The number of amides is 1. The second-order valence-electron chi connectivity index (χ2n) is 7.90. The van der Waals surface area contributed by atoms with Gasteiger partial charge in [0.1, 0.15) is 0 Å².